The highest BCUT2D eigenvalue weighted by atomic mass is 32.1. The van der Waals surface area contributed by atoms with E-state index in [0.29, 0.717) is 11.3 Å². The molecule has 0 saturated carbocycles. The van der Waals surface area contributed by atoms with Crippen LogP contribution < -0.4 is 9.13 Å². The smallest absolute Gasteiger partial charge is 0.191 e. The molecule has 0 aliphatic carbocycles. The van der Waals surface area contributed by atoms with Gasteiger partial charge < -0.3 is 0 Å². The Morgan fingerprint density at radius 3 is 2.32 bits per heavy atom. The number of pyridine rings is 1. The molecule has 4 rings (SSSR count). The summed E-state index contributed by atoms with van der Waals surface area (Å²) in [5.74, 6) is 0. The van der Waals surface area contributed by atoms with Crippen molar-refractivity contribution >= 4 is 22.1 Å². The maximum absolute atomic E-state index is 13.7. The van der Waals surface area contributed by atoms with Crippen LogP contribution in [0, 0.1) is 13.8 Å². The van der Waals surface area contributed by atoms with Crippen LogP contribution in [0.3, 0.4) is 0 Å². The minimum atomic E-state index is -4.42. The topological polar surface area (TPSA) is 7.76 Å². The number of rotatable bonds is 2. The van der Waals surface area contributed by atoms with E-state index in [0.717, 1.165) is 27.0 Å². The number of aryl methyl sites for hydroxylation is 2. The molecular formula is C22H19F3N2S+2. The molecule has 0 atom stereocenters. The van der Waals surface area contributed by atoms with Crippen LogP contribution in [0.2, 0.25) is 0 Å². The van der Waals surface area contributed by atoms with Crippen LogP contribution in [0.4, 0.5) is 13.2 Å². The van der Waals surface area contributed by atoms with Crippen molar-refractivity contribution in [2.24, 2.45) is 7.05 Å². The van der Waals surface area contributed by atoms with Crippen LogP contribution in [0.1, 0.15) is 16.8 Å². The Hall–Kier alpha value is -2.73. The standard InChI is InChI=1S/C22H19F3N2S/c1-14-10-16-6-4-5-7-17(16)13-27(14)20-12-18(22(23,24)25)11-19(15(20)2)21-26(3)8-9-28-21/h4-13H,1-3H3/q+2. The second kappa shape index (κ2) is 6.71. The van der Waals surface area contributed by atoms with Crippen LogP contribution in [0.25, 0.3) is 27.0 Å². The minimum absolute atomic E-state index is 0.543. The zero-order chi connectivity index (χ0) is 20.1. The highest BCUT2D eigenvalue weighted by Crippen LogP contribution is 2.36. The van der Waals surface area contributed by atoms with Gasteiger partial charge in [-0.05, 0) is 24.4 Å². The molecule has 0 amide bonds. The van der Waals surface area contributed by atoms with Crippen LogP contribution in [-0.2, 0) is 13.2 Å². The quantitative estimate of drug-likeness (QED) is 0.403. The van der Waals surface area contributed by atoms with Gasteiger partial charge in [-0.25, -0.2) is 0 Å². The molecule has 0 radical (unpaired) electrons. The normalized spacial score (nSPS) is 11.9. The average molecular weight is 400 g/mol. The van der Waals surface area contributed by atoms with Crippen LogP contribution >= 0.6 is 11.3 Å². The number of fused-ring (bicyclic) bond motifs is 1. The van der Waals surface area contributed by atoms with E-state index in [4.69, 9.17) is 0 Å². The molecule has 0 unspecified atom stereocenters. The monoisotopic (exact) mass is 400 g/mol. The Balaban J connectivity index is 2.04. The second-order valence-electron chi connectivity index (χ2n) is 6.90. The number of nitrogens with zero attached hydrogens (tertiary/aromatic N) is 2. The molecule has 0 aliphatic rings. The summed E-state index contributed by atoms with van der Waals surface area (Å²) in [6.07, 6.45) is -0.655. The first-order chi connectivity index (χ1) is 13.3. The highest BCUT2D eigenvalue weighted by molar-refractivity contribution is 7.12. The van der Waals surface area contributed by atoms with E-state index in [1.54, 1.807) is 0 Å². The van der Waals surface area contributed by atoms with Gasteiger partial charge in [-0.3, -0.25) is 0 Å². The highest BCUT2D eigenvalue weighted by Gasteiger charge is 2.35. The molecule has 2 nitrogen and oxygen atoms in total. The third kappa shape index (κ3) is 3.18. The zero-order valence-corrected chi connectivity index (χ0v) is 16.5. The number of hydrogen-bond acceptors (Lipinski definition) is 1. The molecule has 0 saturated heterocycles. The second-order valence-corrected chi connectivity index (χ2v) is 7.79. The summed E-state index contributed by atoms with van der Waals surface area (Å²) in [6, 6.07) is 12.3. The van der Waals surface area contributed by atoms with Crippen molar-refractivity contribution in [3.05, 3.63) is 77.1 Å². The van der Waals surface area contributed by atoms with Gasteiger partial charge in [0.15, 0.2) is 18.1 Å². The molecule has 0 bridgehead atoms. The summed E-state index contributed by atoms with van der Waals surface area (Å²) < 4.78 is 44.7. The van der Waals surface area contributed by atoms with Gasteiger partial charge in [0.1, 0.15) is 7.05 Å². The molecule has 0 spiro atoms. The van der Waals surface area contributed by atoms with E-state index >= 15 is 0 Å². The van der Waals surface area contributed by atoms with E-state index in [9.17, 15) is 13.2 Å². The van der Waals surface area contributed by atoms with E-state index in [1.165, 1.54) is 23.5 Å². The number of benzene rings is 2. The summed E-state index contributed by atoms with van der Waals surface area (Å²) >= 11 is 1.43. The number of alkyl halides is 3. The third-order valence-electron chi connectivity index (χ3n) is 4.99. The summed E-state index contributed by atoms with van der Waals surface area (Å²) in [5, 5.41) is 4.71. The fraction of sp³-hybridized carbons (Fsp3) is 0.182. The Labute approximate surface area is 165 Å². The summed E-state index contributed by atoms with van der Waals surface area (Å²) in [6.45, 7) is 3.79. The van der Waals surface area contributed by atoms with Crippen molar-refractivity contribution in [2.75, 3.05) is 0 Å². The van der Waals surface area contributed by atoms with E-state index in [2.05, 4.69) is 0 Å². The number of aromatic nitrogens is 2. The number of thiazole rings is 1. The molecule has 0 N–H and O–H groups in total. The SMILES string of the molecule is Cc1c(-c2scc[n+]2C)cc(C(F)(F)F)cc1-[n+]1cc2ccccc2cc1C. The average Bonchev–Trinajstić information content (AvgIpc) is 3.06. The Morgan fingerprint density at radius 1 is 0.964 bits per heavy atom. The lowest BCUT2D eigenvalue weighted by Crippen LogP contribution is -2.36. The summed E-state index contributed by atoms with van der Waals surface area (Å²) in [5.41, 5.74) is 2.19. The van der Waals surface area contributed by atoms with Gasteiger partial charge in [-0.15, -0.1) is 0 Å². The van der Waals surface area contributed by atoms with Crippen molar-refractivity contribution < 1.29 is 22.3 Å². The van der Waals surface area contributed by atoms with Crippen LogP contribution in [0.15, 0.2) is 60.2 Å². The predicted octanol–water partition coefficient (Wildman–Crippen LogP) is 5.31. The van der Waals surface area contributed by atoms with Crippen molar-refractivity contribution in [1.29, 1.82) is 0 Å². The first kappa shape index (κ1) is 18.6. The van der Waals surface area contributed by atoms with Gasteiger partial charge in [-0.1, -0.05) is 29.5 Å². The number of hydrogen-bond donors (Lipinski definition) is 0. The largest absolute Gasteiger partial charge is 0.416 e. The Bertz CT molecular complexity index is 1190. The van der Waals surface area contributed by atoms with Crippen molar-refractivity contribution in [3.63, 3.8) is 0 Å². The molecular weight excluding hydrogens is 381 g/mol. The lowest BCUT2D eigenvalue weighted by Gasteiger charge is -2.12. The van der Waals surface area contributed by atoms with E-state index in [-0.39, 0.29) is 0 Å². The van der Waals surface area contributed by atoms with Gasteiger partial charge >= 0.3 is 6.18 Å². The molecule has 6 heteroatoms. The molecule has 28 heavy (non-hydrogen) atoms. The van der Waals surface area contributed by atoms with Gasteiger partial charge in [-0.2, -0.15) is 22.3 Å². The van der Waals surface area contributed by atoms with Crippen LogP contribution in [0.5, 0.6) is 0 Å². The first-order valence-electron chi connectivity index (χ1n) is 8.82. The van der Waals surface area contributed by atoms with Crippen molar-refractivity contribution in [3.8, 4) is 16.3 Å². The molecule has 2 aromatic carbocycles. The summed E-state index contributed by atoms with van der Waals surface area (Å²) in [7, 11) is 1.85. The molecule has 2 heterocycles. The Morgan fingerprint density at radius 2 is 1.68 bits per heavy atom. The molecule has 0 aliphatic heterocycles. The lowest BCUT2D eigenvalue weighted by atomic mass is 10.0. The number of halogens is 3. The van der Waals surface area contributed by atoms with Gasteiger partial charge in [0.05, 0.1) is 16.5 Å². The lowest BCUT2D eigenvalue weighted by molar-refractivity contribution is -0.656. The van der Waals surface area contributed by atoms with Gasteiger partial charge in [0.2, 0.25) is 5.69 Å². The predicted molar refractivity (Wildman–Crippen MR) is 104 cm³/mol. The maximum Gasteiger partial charge on any atom is 0.416 e. The first-order valence-corrected chi connectivity index (χ1v) is 9.70. The maximum atomic E-state index is 13.7. The van der Waals surface area contributed by atoms with Crippen molar-refractivity contribution in [1.82, 2.24) is 0 Å². The minimum Gasteiger partial charge on any atom is -0.191 e. The van der Waals surface area contributed by atoms with Gasteiger partial charge in [0.25, 0.3) is 5.01 Å². The van der Waals surface area contributed by atoms with Gasteiger partial charge in [0, 0.05) is 30.0 Å². The van der Waals surface area contributed by atoms with E-state index < -0.39 is 11.7 Å². The van der Waals surface area contributed by atoms with Crippen LogP contribution in [-0.4, -0.2) is 0 Å². The third-order valence-corrected chi connectivity index (χ3v) is 5.98. The molecule has 4 aromatic rings. The van der Waals surface area contributed by atoms with Crippen molar-refractivity contribution in [2.45, 2.75) is 20.0 Å². The van der Waals surface area contributed by atoms with E-state index in [1.807, 2.05) is 78.1 Å². The molecule has 0 fully saturated rings. The zero-order valence-electron chi connectivity index (χ0n) is 15.7. The fourth-order valence-electron chi connectivity index (χ4n) is 3.48. The molecule has 2 aromatic heterocycles. The Kier molecular flexibility index (Phi) is 4.46. The summed E-state index contributed by atoms with van der Waals surface area (Å²) in [4.78, 5) is 0. The fourth-order valence-corrected chi connectivity index (χ4v) is 4.42. The molecule has 142 valence electrons.